The molecule has 2 atom stereocenters. The highest BCUT2D eigenvalue weighted by atomic mass is 16.5. The largest absolute Gasteiger partial charge is 0.480 e. The molecule has 0 aromatic carbocycles. The van der Waals surface area contributed by atoms with Crippen molar-refractivity contribution in [1.82, 2.24) is 10.2 Å². The molecule has 0 bridgehead atoms. The van der Waals surface area contributed by atoms with Gasteiger partial charge < -0.3 is 20.1 Å². The minimum Gasteiger partial charge on any atom is -0.480 e. The zero-order chi connectivity index (χ0) is 14.4. The normalized spacial score (nSPS) is 22.7. The van der Waals surface area contributed by atoms with E-state index < -0.39 is 5.97 Å². The Labute approximate surface area is 114 Å². The number of rotatable bonds is 7. The van der Waals surface area contributed by atoms with Crippen molar-refractivity contribution in [2.24, 2.45) is 5.92 Å². The van der Waals surface area contributed by atoms with Crippen molar-refractivity contribution in [3.8, 4) is 0 Å². The predicted molar refractivity (Wildman–Crippen MR) is 70.9 cm³/mol. The highest BCUT2D eigenvalue weighted by molar-refractivity contribution is 5.84. The first-order chi connectivity index (χ1) is 8.97. The number of amides is 1. The molecule has 1 aliphatic heterocycles. The first-order valence-corrected chi connectivity index (χ1v) is 6.80. The van der Waals surface area contributed by atoms with Gasteiger partial charge in [-0.25, -0.2) is 0 Å². The van der Waals surface area contributed by atoms with Crippen LogP contribution in [0.5, 0.6) is 0 Å². The molecule has 1 heterocycles. The van der Waals surface area contributed by atoms with E-state index in [-0.39, 0.29) is 30.5 Å². The summed E-state index contributed by atoms with van der Waals surface area (Å²) >= 11 is 0. The maximum Gasteiger partial charge on any atom is 0.323 e. The Bertz CT molecular complexity index is 320. The summed E-state index contributed by atoms with van der Waals surface area (Å²) in [4.78, 5) is 24.7. The minimum absolute atomic E-state index is 0.0116. The van der Waals surface area contributed by atoms with Crippen LogP contribution in [0.2, 0.25) is 0 Å². The highest BCUT2D eigenvalue weighted by Gasteiger charge is 2.37. The van der Waals surface area contributed by atoms with Gasteiger partial charge in [0.1, 0.15) is 6.54 Å². The van der Waals surface area contributed by atoms with Crippen LogP contribution in [0, 0.1) is 5.92 Å². The molecule has 1 fully saturated rings. The van der Waals surface area contributed by atoms with Crippen LogP contribution in [0.1, 0.15) is 27.2 Å². The number of carbonyl (C=O) groups is 2. The van der Waals surface area contributed by atoms with E-state index in [0.717, 1.165) is 13.0 Å². The smallest absolute Gasteiger partial charge is 0.323 e. The Hall–Kier alpha value is -1.14. The van der Waals surface area contributed by atoms with Gasteiger partial charge in [0, 0.05) is 12.1 Å². The van der Waals surface area contributed by atoms with Crippen LogP contribution in [-0.4, -0.2) is 60.3 Å². The van der Waals surface area contributed by atoms with Gasteiger partial charge in [0.25, 0.3) is 0 Å². The van der Waals surface area contributed by atoms with Crippen molar-refractivity contribution in [1.29, 1.82) is 0 Å². The van der Waals surface area contributed by atoms with E-state index >= 15 is 0 Å². The summed E-state index contributed by atoms with van der Waals surface area (Å²) in [6.07, 6.45) is 0.987. The molecular weight excluding hydrogens is 248 g/mol. The molecule has 19 heavy (non-hydrogen) atoms. The summed E-state index contributed by atoms with van der Waals surface area (Å²) in [5, 5.41) is 12.2. The number of nitrogens with zero attached hydrogens (tertiary/aromatic N) is 1. The minimum atomic E-state index is -0.987. The Morgan fingerprint density at radius 3 is 2.63 bits per heavy atom. The van der Waals surface area contributed by atoms with Gasteiger partial charge in [-0.15, -0.1) is 0 Å². The molecule has 0 radical (unpaired) electrons. The Morgan fingerprint density at radius 2 is 2.11 bits per heavy atom. The molecule has 0 spiro atoms. The molecule has 1 saturated heterocycles. The van der Waals surface area contributed by atoms with E-state index in [1.54, 1.807) is 0 Å². The molecule has 0 aromatic rings. The summed E-state index contributed by atoms with van der Waals surface area (Å²) in [6.45, 7) is 7.16. The van der Waals surface area contributed by atoms with Gasteiger partial charge in [0.05, 0.1) is 19.1 Å². The van der Waals surface area contributed by atoms with Gasteiger partial charge in [-0.3, -0.25) is 9.59 Å². The lowest BCUT2D eigenvalue weighted by Crippen LogP contribution is -2.49. The monoisotopic (exact) mass is 272 g/mol. The van der Waals surface area contributed by atoms with Crippen molar-refractivity contribution in [2.75, 3.05) is 26.3 Å². The maximum atomic E-state index is 12.4. The number of hydrogen-bond donors (Lipinski definition) is 2. The molecule has 6 nitrogen and oxygen atoms in total. The van der Waals surface area contributed by atoms with Crippen molar-refractivity contribution in [3.63, 3.8) is 0 Å². The number of carbonyl (C=O) groups excluding carboxylic acids is 1. The molecule has 110 valence electrons. The van der Waals surface area contributed by atoms with E-state index in [1.807, 2.05) is 13.8 Å². The van der Waals surface area contributed by atoms with E-state index in [2.05, 4.69) is 12.2 Å². The lowest BCUT2D eigenvalue weighted by atomic mass is 10.0. The van der Waals surface area contributed by atoms with E-state index in [9.17, 15) is 9.59 Å². The van der Waals surface area contributed by atoms with Crippen LogP contribution in [0.4, 0.5) is 0 Å². The number of ether oxygens (including phenoxy) is 1. The first kappa shape index (κ1) is 15.9. The number of aliphatic carboxylic acids is 1. The third-order valence-corrected chi connectivity index (χ3v) is 3.27. The van der Waals surface area contributed by atoms with Gasteiger partial charge in [0.2, 0.25) is 5.91 Å². The highest BCUT2D eigenvalue weighted by Crippen LogP contribution is 2.18. The molecule has 1 rings (SSSR count). The van der Waals surface area contributed by atoms with Crippen molar-refractivity contribution in [2.45, 2.75) is 39.3 Å². The average Bonchev–Trinajstić information content (AvgIpc) is 2.80. The van der Waals surface area contributed by atoms with Crippen LogP contribution in [-0.2, 0) is 14.3 Å². The summed E-state index contributed by atoms with van der Waals surface area (Å²) < 4.78 is 5.37. The molecule has 1 aliphatic rings. The second-order valence-electron chi connectivity index (χ2n) is 5.16. The maximum absolute atomic E-state index is 12.4. The standard InChI is InChI=1S/C13H24N2O4/c1-4-5-14-11-8-19-7-10(11)13(18)15(9(2)3)6-12(16)17/h9-11,14H,4-8H2,1-3H3,(H,16,17). The van der Waals surface area contributed by atoms with Crippen LogP contribution < -0.4 is 5.32 Å². The van der Waals surface area contributed by atoms with Gasteiger partial charge in [-0.05, 0) is 26.8 Å². The number of hydrogen-bond acceptors (Lipinski definition) is 4. The van der Waals surface area contributed by atoms with Crippen molar-refractivity contribution in [3.05, 3.63) is 0 Å². The van der Waals surface area contributed by atoms with Crippen molar-refractivity contribution < 1.29 is 19.4 Å². The van der Waals surface area contributed by atoms with Crippen LogP contribution >= 0.6 is 0 Å². The molecule has 0 saturated carbocycles. The van der Waals surface area contributed by atoms with E-state index in [1.165, 1.54) is 4.90 Å². The third-order valence-electron chi connectivity index (χ3n) is 3.27. The third kappa shape index (κ3) is 4.47. The fourth-order valence-electron chi connectivity index (χ4n) is 2.20. The predicted octanol–water partition coefficient (Wildman–Crippen LogP) is 0.323. The molecule has 0 aliphatic carbocycles. The fraction of sp³-hybridized carbons (Fsp3) is 0.846. The average molecular weight is 272 g/mol. The molecule has 1 amide bonds. The number of nitrogens with one attached hydrogen (secondary N) is 1. The number of carboxylic acids is 1. The van der Waals surface area contributed by atoms with Crippen LogP contribution in [0.25, 0.3) is 0 Å². The van der Waals surface area contributed by atoms with Gasteiger partial charge in [-0.1, -0.05) is 6.92 Å². The molecular formula is C13H24N2O4. The SMILES string of the molecule is CCCNC1COCC1C(=O)N(CC(=O)O)C(C)C. The van der Waals surface area contributed by atoms with Crippen LogP contribution in [0.15, 0.2) is 0 Å². The zero-order valence-corrected chi connectivity index (χ0v) is 11.9. The molecule has 6 heteroatoms. The molecule has 2 N–H and O–H groups in total. The van der Waals surface area contributed by atoms with E-state index in [0.29, 0.717) is 13.2 Å². The lowest BCUT2D eigenvalue weighted by molar-refractivity contribution is -0.148. The van der Waals surface area contributed by atoms with Crippen LogP contribution in [0.3, 0.4) is 0 Å². The lowest BCUT2D eigenvalue weighted by Gasteiger charge is -2.29. The second-order valence-corrected chi connectivity index (χ2v) is 5.16. The van der Waals surface area contributed by atoms with Crippen molar-refractivity contribution >= 4 is 11.9 Å². The summed E-state index contributed by atoms with van der Waals surface area (Å²) in [7, 11) is 0. The van der Waals surface area contributed by atoms with E-state index in [4.69, 9.17) is 9.84 Å². The van der Waals surface area contributed by atoms with Gasteiger partial charge in [-0.2, -0.15) is 0 Å². The first-order valence-electron chi connectivity index (χ1n) is 6.80. The second kappa shape index (κ2) is 7.45. The summed E-state index contributed by atoms with van der Waals surface area (Å²) in [5.74, 6) is -1.41. The van der Waals surface area contributed by atoms with Gasteiger partial charge >= 0.3 is 5.97 Å². The Balaban J connectivity index is 2.69. The number of carboxylic acid groups (broad SMARTS) is 1. The Morgan fingerprint density at radius 1 is 1.42 bits per heavy atom. The molecule has 2 unspecified atom stereocenters. The topological polar surface area (TPSA) is 78.9 Å². The fourth-order valence-corrected chi connectivity index (χ4v) is 2.20. The summed E-state index contributed by atoms with van der Waals surface area (Å²) in [5.41, 5.74) is 0. The molecule has 0 aromatic heterocycles. The van der Waals surface area contributed by atoms with Gasteiger partial charge in [0.15, 0.2) is 0 Å². The zero-order valence-electron chi connectivity index (χ0n) is 11.9. The summed E-state index contributed by atoms with van der Waals surface area (Å²) in [6, 6.07) is -0.140. The quantitative estimate of drug-likeness (QED) is 0.698. The Kier molecular flexibility index (Phi) is 6.24.